The maximum absolute atomic E-state index is 13.1. The normalized spacial score (nSPS) is 11.9. The predicted octanol–water partition coefficient (Wildman–Crippen LogP) is 5.10. The lowest BCUT2D eigenvalue weighted by atomic mass is 10.1. The number of carbonyl (C=O) groups is 2. The smallest absolute Gasteiger partial charge is 0.356 e. The summed E-state index contributed by atoms with van der Waals surface area (Å²) in [6.45, 7) is 6.77. The van der Waals surface area contributed by atoms with Crippen molar-refractivity contribution in [2.75, 3.05) is 17.7 Å². The van der Waals surface area contributed by atoms with E-state index < -0.39 is 5.97 Å². The monoisotopic (exact) mass is 499 g/mol. The zero-order chi connectivity index (χ0) is 26.4. The van der Waals surface area contributed by atoms with Gasteiger partial charge in [-0.2, -0.15) is 0 Å². The number of methoxy groups -OCH3 is 1. The maximum atomic E-state index is 13.1. The highest BCUT2D eigenvalue weighted by atomic mass is 16.5. The molecule has 0 fully saturated rings. The zero-order valence-corrected chi connectivity index (χ0v) is 21.7. The number of ether oxygens (including phenoxy) is 1. The van der Waals surface area contributed by atoms with Gasteiger partial charge >= 0.3 is 5.97 Å². The Hall–Kier alpha value is -4.20. The molecule has 0 aliphatic heterocycles. The minimum absolute atomic E-state index is 0.109. The number of amides is 1. The van der Waals surface area contributed by atoms with Gasteiger partial charge in [0.1, 0.15) is 5.65 Å². The van der Waals surface area contributed by atoms with E-state index in [1.54, 1.807) is 12.4 Å². The van der Waals surface area contributed by atoms with Crippen molar-refractivity contribution >= 4 is 34.3 Å². The zero-order valence-electron chi connectivity index (χ0n) is 21.7. The van der Waals surface area contributed by atoms with Crippen LogP contribution in [-0.4, -0.2) is 39.6 Å². The molecule has 0 saturated carbocycles. The van der Waals surface area contributed by atoms with E-state index in [-0.39, 0.29) is 24.3 Å². The molecule has 1 atom stereocenters. The van der Waals surface area contributed by atoms with Crippen molar-refractivity contribution < 1.29 is 14.3 Å². The fourth-order valence-corrected chi connectivity index (χ4v) is 4.46. The third-order valence-corrected chi connectivity index (χ3v) is 5.97. The number of nitrogens with one attached hydrogen (secondary N) is 2. The van der Waals surface area contributed by atoms with E-state index in [2.05, 4.69) is 36.4 Å². The standard InChI is InChI=1S/C29H33N5O3/c1-19(2)18-34-27(29(36)37-4)26(33-25(35)14-21-9-6-5-7-10-21)24-15-23(17-31-28(24)34)32-20(3)13-22-11-8-12-30-16-22/h5-12,15-17,19-20,32H,13-14,18H2,1-4H3,(H,33,35)/t20-/m0/s1. The molecule has 4 aromatic rings. The Labute approximate surface area is 217 Å². The van der Waals surface area contributed by atoms with Crippen LogP contribution in [0.5, 0.6) is 0 Å². The topological polar surface area (TPSA) is 98.1 Å². The molecule has 1 amide bonds. The van der Waals surface area contributed by atoms with Crippen molar-refractivity contribution in [3.8, 4) is 0 Å². The van der Waals surface area contributed by atoms with Crippen molar-refractivity contribution in [1.82, 2.24) is 14.5 Å². The van der Waals surface area contributed by atoms with Crippen LogP contribution in [0.4, 0.5) is 11.4 Å². The summed E-state index contributed by atoms with van der Waals surface area (Å²) in [5, 5.41) is 7.16. The average Bonchev–Trinajstić information content (AvgIpc) is 3.16. The van der Waals surface area contributed by atoms with Gasteiger partial charge in [-0.05, 0) is 42.5 Å². The number of rotatable bonds is 10. The lowest BCUT2D eigenvalue weighted by molar-refractivity contribution is -0.115. The predicted molar refractivity (Wildman–Crippen MR) is 146 cm³/mol. The molecule has 0 unspecified atom stereocenters. The highest BCUT2D eigenvalue weighted by Gasteiger charge is 2.26. The van der Waals surface area contributed by atoms with Crippen LogP contribution in [-0.2, 0) is 28.9 Å². The lowest BCUT2D eigenvalue weighted by Crippen LogP contribution is -2.19. The van der Waals surface area contributed by atoms with Gasteiger partial charge in [0.25, 0.3) is 0 Å². The number of pyridine rings is 2. The molecule has 192 valence electrons. The summed E-state index contributed by atoms with van der Waals surface area (Å²) in [4.78, 5) is 34.9. The lowest BCUT2D eigenvalue weighted by Gasteiger charge is -2.15. The summed E-state index contributed by atoms with van der Waals surface area (Å²) in [6.07, 6.45) is 6.35. The van der Waals surface area contributed by atoms with Gasteiger partial charge in [0.2, 0.25) is 5.91 Å². The van der Waals surface area contributed by atoms with E-state index in [4.69, 9.17) is 9.72 Å². The minimum atomic E-state index is -0.520. The van der Waals surface area contributed by atoms with E-state index in [1.807, 2.05) is 59.3 Å². The number of carbonyl (C=O) groups excluding carboxylic acids is 2. The number of hydrogen-bond acceptors (Lipinski definition) is 6. The fourth-order valence-electron chi connectivity index (χ4n) is 4.46. The Balaban J connectivity index is 1.71. The van der Waals surface area contributed by atoms with Gasteiger partial charge in [-0.15, -0.1) is 0 Å². The second-order valence-electron chi connectivity index (χ2n) is 9.64. The molecule has 3 heterocycles. The Bertz CT molecular complexity index is 1370. The SMILES string of the molecule is COC(=O)c1c(NC(=O)Cc2ccccc2)c2cc(N[C@@H](C)Cc3cccnc3)cnc2n1CC(C)C. The largest absolute Gasteiger partial charge is 0.464 e. The summed E-state index contributed by atoms with van der Waals surface area (Å²) < 4.78 is 6.97. The molecule has 3 aromatic heterocycles. The molecular weight excluding hydrogens is 466 g/mol. The van der Waals surface area contributed by atoms with Crippen molar-refractivity contribution in [2.24, 2.45) is 5.92 Å². The molecule has 1 aromatic carbocycles. The number of fused-ring (bicyclic) bond motifs is 1. The molecular formula is C29H33N5O3. The molecule has 8 heteroatoms. The van der Waals surface area contributed by atoms with Gasteiger partial charge in [0, 0.05) is 30.4 Å². The minimum Gasteiger partial charge on any atom is -0.464 e. The fraction of sp³-hybridized carbons (Fsp3) is 0.310. The number of benzene rings is 1. The molecule has 2 N–H and O–H groups in total. The van der Waals surface area contributed by atoms with Crippen molar-refractivity contribution in [3.63, 3.8) is 0 Å². The first-order valence-electron chi connectivity index (χ1n) is 12.5. The molecule has 8 nitrogen and oxygen atoms in total. The average molecular weight is 500 g/mol. The number of nitrogens with zero attached hydrogens (tertiary/aromatic N) is 3. The number of aromatic nitrogens is 3. The van der Waals surface area contributed by atoms with Gasteiger partial charge in [-0.3, -0.25) is 9.78 Å². The van der Waals surface area contributed by atoms with E-state index in [9.17, 15) is 9.59 Å². The van der Waals surface area contributed by atoms with E-state index >= 15 is 0 Å². The molecule has 0 saturated heterocycles. The van der Waals surface area contributed by atoms with Gasteiger partial charge in [-0.25, -0.2) is 9.78 Å². The van der Waals surface area contributed by atoms with Crippen LogP contribution >= 0.6 is 0 Å². The molecule has 0 aliphatic rings. The number of hydrogen-bond donors (Lipinski definition) is 2. The highest BCUT2D eigenvalue weighted by Crippen LogP contribution is 2.33. The molecule has 0 spiro atoms. The van der Waals surface area contributed by atoms with Crippen LogP contribution < -0.4 is 10.6 Å². The molecule has 0 aliphatic carbocycles. The first kappa shape index (κ1) is 25.9. The first-order valence-corrected chi connectivity index (χ1v) is 12.5. The third-order valence-electron chi connectivity index (χ3n) is 5.97. The summed E-state index contributed by atoms with van der Waals surface area (Å²) >= 11 is 0. The summed E-state index contributed by atoms with van der Waals surface area (Å²) in [6, 6.07) is 15.5. The number of anilines is 2. The second kappa shape index (κ2) is 11.7. The van der Waals surface area contributed by atoms with Gasteiger partial charge in [0.05, 0.1) is 31.1 Å². The molecule has 0 bridgehead atoms. The van der Waals surface area contributed by atoms with Crippen molar-refractivity contribution in [1.29, 1.82) is 0 Å². The Kier molecular flexibility index (Phi) is 8.18. The third kappa shape index (κ3) is 6.33. The summed E-state index contributed by atoms with van der Waals surface area (Å²) in [5.41, 5.74) is 4.13. The molecule has 4 rings (SSSR count). The summed E-state index contributed by atoms with van der Waals surface area (Å²) in [7, 11) is 1.34. The van der Waals surface area contributed by atoms with Crippen LogP contribution in [0.15, 0.2) is 67.1 Å². The van der Waals surface area contributed by atoms with Gasteiger partial charge < -0.3 is 19.9 Å². The molecule has 0 radical (unpaired) electrons. The van der Waals surface area contributed by atoms with Crippen molar-refractivity contribution in [3.05, 3.63) is 83.9 Å². The van der Waals surface area contributed by atoms with Crippen LogP contribution in [0, 0.1) is 5.92 Å². The summed E-state index contributed by atoms with van der Waals surface area (Å²) in [5.74, 6) is -0.498. The van der Waals surface area contributed by atoms with Gasteiger partial charge in [-0.1, -0.05) is 50.2 Å². The van der Waals surface area contributed by atoms with Crippen molar-refractivity contribution in [2.45, 2.75) is 46.2 Å². The van der Waals surface area contributed by atoms with Crippen LogP contribution in [0.3, 0.4) is 0 Å². The Morgan fingerprint density at radius 2 is 1.78 bits per heavy atom. The van der Waals surface area contributed by atoms with Crippen LogP contribution in [0.2, 0.25) is 0 Å². The highest BCUT2D eigenvalue weighted by molar-refractivity contribution is 6.11. The van der Waals surface area contributed by atoms with Crippen LogP contribution in [0.1, 0.15) is 42.4 Å². The van der Waals surface area contributed by atoms with E-state index in [0.29, 0.717) is 29.0 Å². The Morgan fingerprint density at radius 1 is 1.03 bits per heavy atom. The number of esters is 1. The quantitative estimate of drug-likeness (QED) is 0.295. The van der Waals surface area contributed by atoms with Crippen LogP contribution in [0.25, 0.3) is 11.0 Å². The van der Waals surface area contributed by atoms with E-state index in [0.717, 1.165) is 23.2 Å². The second-order valence-corrected chi connectivity index (χ2v) is 9.64. The van der Waals surface area contributed by atoms with E-state index in [1.165, 1.54) is 7.11 Å². The Morgan fingerprint density at radius 3 is 2.46 bits per heavy atom. The van der Waals surface area contributed by atoms with Gasteiger partial charge in [0.15, 0.2) is 5.69 Å². The molecule has 37 heavy (non-hydrogen) atoms. The first-order chi connectivity index (χ1) is 17.9. The maximum Gasteiger partial charge on any atom is 0.356 e.